The molecule has 128 heavy (non-hydrogen) atoms. The Morgan fingerprint density at radius 3 is 0.992 bits per heavy atom. The topological polar surface area (TPSA) is 30.9 Å². The van der Waals surface area contributed by atoms with E-state index < -0.39 is 0 Å². The van der Waals surface area contributed by atoms with Gasteiger partial charge in [0.15, 0.2) is 0 Å². The second-order valence-corrected chi connectivity index (χ2v) is 35.2. The number of pyridine rings is 4. The number of nitrogens with zero attached hydrogens (tertiary/aromatic N) is 6. The summed E-state index contributed by atoms with van der Waals surface area (Å²) in [6.07, 6.45) is 0. The Morgan fingerprint density at radius 1 is 0.281 bits per heavy atom. The Kier molecular flexibility index (Phi) is 23.6. The highest BCUT2D eigenvalue weighted by atomic mass is 15.4. The third-order valence-electron chi connectivity index (χ3n) is 25.9. The summed E-state index contributed by atoms with van der Waals surface area (Å²) in [7, 11) is 0. The molecule has 8 heteroatoms. The highest BCUT2D eigenvalue weighted by Gasteiger charge is 2.39. The molecule has 0 fully saturated rings. The molecule has 4 aliphatic rings. The quantitative estimate of drug-likeness (QED) is 0.0840. The first-order chi connectivity index (χ1) is 62.6. The Labute approximate surface area is 756 Å². The molecule has 8 heterocycles. The van der Waals surface area contributed by atoms with E-state index >= 15 is 0 Å². The first-order valence-corrected chi connectivity index (χ1v) is 45.2. The van der Waals surface area contributed by atoms with Gasteiger partial charge in [-0.05, 0) is 214 Å². The number of rotatable bonds is 14. The minimum absolute atomic E-state index is 0.0243. The van der Waals surface area contributed by atoms with E-state index in [-0.39, 0.29) is 12.1 Å². The number of aryl methyl sites for hydroxylation is 6. The van der Waals surface area contributed by atoms with Gasteiger partial charge in [0.1, 0.15) is 83.4 Å². The highest BCUT2D eigenvalue weighted by molar-refractivity contribution is 5.96. The van der Waals surface area contributed by atoms with E-state index in [0.29, 0.717) is 11.8 Å². The largest absolute Gasteiger partial charge is 0.342 e. The van der Waals surface area contributed by atoms with Crippen molar-refractivity contribution in [2.24, 2.45) is 0 Å². The van der Waals surface area contributed by atoms with Crippen LogP contribution in [0.2, 0.25) is 0 Å². The van der Waals surface area contributed by atoms with Gasteiger partial charge in [-0.1, -0.05) is 366 Å². The maximum atomic E-state index is 2.44. The molecule has 14 aromatic carbocycles. The molecule has 0 radical (unpaired) electrons. The summed E-state index contributed by atoms with van der Waals surface area (Å²) < 4.78 is 9.49. The summed E-state index contributed by atoms with van der Waals surface area (Å²) in [6, 6.07) is 145. The van der Waals surface area contributed by atoms with Gasteiger partial charge in [-0.3, -0.25) is 18.9 Å². The number of anilines is 2. The number of hydrogen-bond donors (Lipinski definition) is 2. The summed E-state index contributed by atoms with van der Waals surface area (Å²) in [6.45, 7) is 33.4. The fourth-order valence-corrected chi connectivity index (χ4v) is 20.0. The molecular formula is C120H110N8+2. The smallest absolute Gasteiger partial charge is 0.240 e. The van der Waals surface area contributed by atoms with Gasteiger partial charge >= 0.3 is 0 Å². The predicted octanol–water partition coefficient (Wildman–Crippen LogP) is 24.9. The Morgan fingerprint density at radius 2 is 0.586 bits per heavy atom. The van der Waals surface area contributed by atoms with Gasteiger partial charge in [0, 0.05) is 33.6 Å². The zero-order valence-corrected chi connectivity index (χ0v) is 74.8. The van der Waals surface area contributed by atoms with Crippen LogP contribution in [0.15, 0.2) is 400 Å². The van der Waals surface area contributed by atoms with Crippen molar-refractivity contribution in [3.05, 3.63) is 505 Å². The van der Waals surface area contributed by atoms with Crippen LogP contribution < -0.4 is 37.9 Å². The molecule has 4 atom stereocenters. The highest BCUT2D eigenvalue weighted by Crippen LogP contribution is 2.45. The molecule has 2 N–H and O–H groups in total. The molecule has 0 aliphatic carbocycles. The summed E-state index contributed by atoms with van der Waals surface area (Å²) in [5.41, 5.74) is 38.7. The number of aromatic nitrogens is 4. The lowest BCUT2D eigenvalue weighted by molar-refractivity contribution is -0.881. The Hall–Kier alpha value is -14.8. The van der Waals surface area contributed by atoms with Gasteiger partial charge in [-0.2, -0.15) is 0 Å². The van der Waals surface area contributed by atoms with E-state index in [0.717, 1.165) is 13.1 Å². The number of fused-ring (bicyclic) bond motifs is 6. The molecule has 0 bridgehead atoms. The summed E-state index contributed by atoms with van der Waals surface area (Å²) >= 11 is 0. The molecule has 4 aliphatic heterocycles. The number of quaternary nitrogens is 2. The number of nitrogens with one attached hydrogen (secondary N) is 2. The van der Waals surface area contributed by atoms with Crippen LogP contribution in [0, 0.1) is 68.2 Å². The van der Waals surface area contributed by atoms with Crippen molar-refractivity contribution < 1.29 is 28.1 Å². The zero-order valence-electron chi connectivity index (χ0n) is 74.8. The Balaban J connectivity index is 0.000000113. The van der Waals surface area contributed by atoms with Crippen LogP contribution in [0.4, 0.5) is 22.7 Å². The summed E-state index contributed by atoms with van der Waals surface area (Å²) in [5.74, 6) is 1.00. The molecule has 22 rings (SSSR count). The van der Waals surface area contributed by atoms with E-state index in [4.69, 9.17) is 0 Å². The molecule has 0 amide bonds. The van der Waals surface area contributed by atoms with Crippen molar-refractivity contribution >= 4 is 44.3 Å². The van der Waals surface area contributed by atoms with Gasteiger partial charge in [-0.15, -0.1) is 0 Å². The fourth-order valence-electron chi connectivity index (χ4n) is 20.0. The van der Waals surface area contributed by atoms with Crippen molar-refractivity contribution in [1.29, 1.82) is 0 Å². The minimum Gasteiger partial charge on any atom is -0.342 e. The van der Waals surface area contributed by atoms with Crippen LogP contribution >= 0.6 is 0 Å². The van der Waals surface area contributed by atoms with Crippen LogP contribution in [-0.2, 0) is 13.1 Å². The van der Waals surface area contributed by atoms with Crippen molar-refractivity contribution in [2.75, 3.05) is 9.80 Å². The first-order valence-electron chi connectivity index (χ1n) is 45.2. The molecule has 628 valence electrons. The van der Waals surface area contributed by atoms with E-state index in [2.05, 4.69) is 524 Å². The number of hydrogen-bond acceptors (Lipinski definition) is 2. The first kappa shape index (κ1) is 82.8. The van der Waals surface area contributed by atoms with E-state index in [9.17, 15) is 0 Å². The van der Waals surface area contributed by atoms with Gasteiger partial charge < -0.3 is 18.9 Å². The van der Waals surface area contributed by atoms with Crippen LogP contribution in [0.1, 0.15) is 130 Å². The lowest BCUT2D eigenvalue weighted by atomic mass is 9.92. The lowest BCUT2D eigenvalue weighted by Gasteiger charge is -2.28. The Bertz CT molecular complexity index is 6990. The fraction of sp³-hybridized carbons (Fsp3) is 0.133. The van der Waals surface area contributed by atoms with E-state index in [1.165, 1.54) is 200 Å². The second kappa shape index (κ2) is 36.4. The monoisotopic (exact) mass is 1660 g/mol. The zero-order chi connectivity index (χ0) is 87.5. The van der Waals surface area contributed by atoms with Crippen LogP contribution in [0.5, 0.6) is 0 Å². The van der Waals surface area contributed by atoms with Crippen molar-refractivity contribution in [2.45, 2.75) is 106 Å². The van der Waals surface area contributed by atoms with Gasteiger partial charge in [0.25, 0.3) is 0 Å². The van der Waals surface area contributed by atoms with Gasteiger partial charge in [-0.25, -0.2) is 0 Å². The summed E-state index contributed by atoms with van der Waals surface area (Å²) in [5, 5.41) is 5.10. The van der Waals surface area contributed by atoms with E-state index in [1.54, 1.807) is 0 Å². The standard InChI is InChI=1S/C38H32N2.C34H30N2.C26H25N2.C22H23N2/c1-27(2)28-22-24-31(25-23-28)39-26-40-36(34-19-10-15-30-14-6-7-16-32(30)34)20-11-21-37(40)38(39)35-18-9-8-17-33(35)29-12-4-3-5-13-29;1-25(2)26-20-22-29(23-21-26)35-24-36-32(28-14-7-4-8-15-28)18-11-19-33(36)34(35)31-17-10-9-16-30(31)27-12-5-3-6-13-27;1-18-14-19(2)26(20(3)15-18)27-16-22-10-7-13-25(28(22)17-27)24-12-6-9-21-8-4-5-11-23(21)24;1-16-12-17(2)22(18(3)13-16)23-14-20-10-7-11-21(24(20)15-23)19-8-5-4-6-9-19/h3-27,38H,1-2H3;3-25,34H,1-2H3;4-15,17,27H,16H2,1-3H3;4-13,15,23H,14H2,1-3H3/q;;2*+1. The normalized spacial score (nSPS) is 14.9. The molecule has 0 saturated carbocycles. The second-order valence-electron chi connectivity index (χ2n) is 35.2. The number of benzene rings is 14. The van der Waals surface area contributed by atoms with Gasteiger partial charge in [0.05, 0.1) is 12.1 Å². The van der Waals surface area contributed by atoms with Crippen LogP contribution in [0.3, 0.4) is 0 Å². The average molecular weight is 1660 g/mol. The van der Waals surface area contributed by atoms with Crippen molar-refractivity contribution in [3.63, 3.8) is 0 Å². The third kappa shape index (κ3) is 16.6. The molecule has 18 aromatic rings. The molecular weight excluding hydrogens is 1550 g/mol. The molecule has 0 spiro atoms. The summed E-state index contributed by atoms with van der Waals surface area (Å²) in [4.78, 5) is 7.68. The van der Waals surface area contributed by atoms with E-state index in [1.807, 2.05) is 0 Å². The maximum absolute atomic E-state index is 2.44. The van der Waals surface area contributed by atoms with Gasteiger partial charge in [0.2, 0.25) is 13.3 Å². The molecule has 0 saturated heterocycles. The third-order valence-corrected chi connectivity index (χ3v) is 25.9. The minimum atomic E-state index is 0.0243. The van der Waals surface area contributed by atoms with Crippen LogP contribution in [-0.4, -0.2) is 0 Å². The van der Waals surface area contributed by atoms with Crippen molar-refractivity contribution in [3.8, 4) is 67.3 Å². The maximum Gasteiger partial charge on any atom is 0.240 e. The van der Waals surface area contributed by atoms with Crippen LogP contribution in [0.25, 0.3) is 88.8 Å². The van der Waals surface area contributed by atoms with Crippen molar-refractivity contribution in [1.82, 2.24) is 0 Å². The predicted molar refractivity (Wildman–Crippen MR) is 526 cm³/mol. The SMILES string of the molecule is CC(C)c1ccc(N2[CH-][n+]3c(-c4cccc5ccccc45)cccc3C2c2ccccc2-c2ccccc2)cc1.CC(C)c1ccc(N2[CH-][n+]3c(-c4ccccc4)cccc3C2c2ccccc2-c2ccccc2)cc1.Cc1cc(C)c([NH+]2[CH-][n+]3c(cccc3-c3cccc4ccccc34)C2)c(C)c1.Cc1cc(C)c([NH+]2[CH-][n+]3c(cccc3-c3ccccc3)C2)c(C)c1. The molecule has 4 unspecified atom stereocenters. The molecule has 8 nitrogen and oxygen atoms in total. The lowest BCUT2D eigenvalue weighted by Crippen LogP contribution is -3.03. The average Bonchev–Trinajstić information content (AvgIpc) is 1.61. The molecule has 4 aromatic heterocycles.